The minimum absolute atomic E-state index is 0.0616. The van der Waals surface area contributed by atoms with E-state index in [4.69, 9.17) is 5.73 Å². The quantitative estimate of drug-likeness (QED) is 0.761. The fourth-order valence-corrected chi connectivity index (χ4v) is 2.96. The standard InChI is InChI=1S/C17H22N6O2/c18-16(24)12-22-8-6-13(7-9-22)20-17(25)10-14-11-19-23(21-14)15-4-2-1-3-5-15/h1-5,11,13H,6-10,12H2,(H2,18,24)(H,20,25). The highest BCUT2D eigenvalue weighted by Crippen LogP contribution is 2.10. The van der Waals surface area contributed by atoms with Gasteiger partial charge in [0, 0.05) is 19.1 Å². The van der Waals surface area contributed by atoms with Crippen molar-refractivity contribution >= 4 is 11.8 Å². The number of likely N-dealkylation sites (tertiary alicyclic amines) is 1. The fourth-order valence-electron chi connectivity index (χ4n) is 2.96. The molecule has 1 aliphatic heterocycles. The number of hydrogen-bond donors (Lipinski definition) is 2. The minimum Gasteiger partial charge on any atom is -0.369 e. The van der Waals surface area contributed by atoms with Crippen molar-refractivity contribution in [2.45, 2.75) is 25.3 Å². The number of hydrogen-bond acceptors (Lipinski definition) is 5. The van der Waals surface area contributed by atoms with Gasteiger partial charge in [0.15, 0.2) is 0 Å². The zero-order chi connectivity index (χ0) is 17.6. The van der Waals surface area contributed by atoms with Gasteiger partial charge in [0.25, 0.3) is 0 Å². The summed E-state index contributed by atoms with van der Waals surface area (Å²) in [4.78, 5) is 26.7. The first-order valence-corrected chi connectivity index (χ1v) is 8.37. The summed E-state index contributed by atoms with van der Waals surface area (Å²) in [6, 6.07) is 9.69. The number of rotatable bonds is 6. The number of amides is 2. The van der Waals surface area contributed by atoms with E-state index in [1.807, 2.05) is 35.2 Å². The topological polar surface area (TPSA) is 106 Å². The Morgan fingerprint density at radius 2 is 1.92 bits per heavy atom. The van der Waals surface area contributed by atoms with E-state index in [9.17, 15) is 9.59 Å². The largest absolute Gasteiger partial charge is 0.369 e. The van der Waals surface area contributed by atoms with Crippen molar-refractivity contribution in [3.63, 3.8) is 0 Å². The Balaban J connectivity index is 1.47. The summed E-state index contributed by atoms with van der Waals surface area (Å²) in [5.74, 6) is -0.377. The van der Waals surface area contributed by atoms with E-state index in [0.29, 0.717) is 5.69 Å². The van der Waals surface area contributed by atoms with Crippen molar-refractivity contribution in [2.75, 3.05) is 19.6 Å². The SMILES string of the molecule is NC(=O)CN1CCC(NC(=O)Cc2cnn(-c3ccccc3)n2)CC1. The lowest BCUT2D eigenvalue weighted by molar-refractivity contribution is -0.122. The maximum absolute atomic E-state index is 12.2. The van der Waals surface area contributed by atoms with Crippen LogP contribution in [0.2, 0.25) is 0 Å². The Morgan fingerprint density at radius 1 is 1.20 bits per heavy atom. The molecule has 2 heterocycles. The fraction of sp³-hybridized carbons (Fsp3) is 0.412. The molecule has 1 aromatic carbocycles. The van der Waals surface area contributed by atoms with Gasteiger partial charge in [0.2, 0.25) is 11.8 Å². The summed E-state index contributed by atoms with van der Waals surface area (Å²) < 4.78 is 0. The molecule has 8 nitrogen and oxygen atoms in total. The molecule has 1 fully saturated rings. The van der Waals surface area contributed by atoms with E-state index in [1.54, 1.807) is 6.20 Å². The Morgan fingerprint density at radius 3 is 2.60 bits per heavy atom. The monoisotopic (exact) mass is 342 g/mol. The molecule has 25 heavy (non-hydrogen) atoms. The summed E-state index contributed by atoms with van der Waals surface area (Å²) in [6.07, 6.45) is 3.45. The molecule has 0 spiro atoms. The summed E-state index contributed by atoms with van der Waals surface area (Å²) in [5.41, 5.74) is 6.69. The number of nitrogens with one attached hydrogen (secondary N) is 1. The molecule has 3 rings (SSSR count). The molecule has 0 saturated carbocycles. The molecular weight excluding hydrogens is 320 g/mol. The molecule has 0 atom stereocenters. The van der Waals surface area contributed by atoms with Gasteiger partial charge >= 0.3 is 0 Å². The Labute approximate surface area is 146 Å². The van der Waals surface area contributed by atoms with Crippen molar-refractivity contribution in [1.82, 2.24) is 25.2 Å². The zero-order valence-corrected chi connectivity index (χ0v) is 14.0. The van der Waals surface area contributed by atoms with Gasteiger partial charge in [0.05, 0.1) is 30.5 Å². The molecule has 0 unspecified atom stereocenters. The highest BCUT2D eigenvalue weighted by molar-refractivity contribution is 5.78. The van der Waals surface area contributed by atoms with Gasteiger partial charge in [-0.05, 0) is 25.0 Å². The van der Waals surface area contributed by atoms with Gasteiger partial charge in [-0.25, -0.2) is 0 Å². The number of aromatic nitrogens is 3. The highest BCUT2D eigenvalue weighted by atomic mass is 16.2. The Bertz CT molecular complexity index is 722. The predicted molar refractivity (Wildman–Crippen MR) is 91.9 cm³/mol. The van der Waals surface area contributed by atoms with Crippen molar-refractivity contribution in [3.05, 3.63) is 42.2 Å². The second-order valence-electron chi connectivity index (χ2n) is 6.22. The van der Waals surface area contributed by atoms with Crippen molar-refractivity contribution in [1.29, 1.82) is 0 Å². The Kier molecular flexibility index (Phi) is 5.39. The lowest BCUT2D eigenvalue weighted by Crippen LogP contribution is -2.47. The van der Waals surface area contributed by atoms with Crippen LogP contribution in [0, 0.1) is 0 Å². The lowest BCUT2D eigenvalue weighted by atomic mass is 10.0. The third-order valence-electron chi connectivity index (χ3n) is 4.20. The maximum atomic E-state index is 12.2. The van der Waals surface area contributed by atoms with Crippen LogP contribution in [0.3, 0.4) is 0 Å². The normalized spacial score (nSPS) is 15.8. The summed E-state index contributed by atoms with van der Waals surface area (Å²) in [6.45, 7) is 1.80. The van der Waals surface area contributed by atoms with E-state index < -0.39 is 0 Å². The van der Waals surface area contributed by atoms with E-state index in [2.05, 4.69) is 15.5 Å². The van der Waals surface area contributed by atoms with Gasteiger partial charge in [0.1, 0.15) is 0 Å². The van der Waals surface area contributed by atoms with Crippen LogP contribution in [-0.4, -0.2) is 57.4 Å². The number of primary amides is 1. The molecule has 1 aromatic heterocycles. The maximum Gasteiger partial charge on any atom is 0.231 e. The second kappa shape index (κ2) is 7.89. The third kappa shape index (κ3) is 4.87. The first kappa shape index (κ1) is 17.1. The van der Waals surface area contributed by atoms with Crippen molar-refractivity contribution in [2.24, 2.45) is 5.73 Å². The van der Waals surface area contributed by atoms with Crippen LogP contribution in [0.5, 0.6) is 0 Å². The predicted octanol–water partition coefficient (Wildman–Crippen LogP) is -0.124. The Hall–Kier alpha value is -2.74. The molecule has 0 radical (unpaired) electrons. The average molecular weight is 342 g/mol. The third-order valence-corrected chi connectivity index (χ3v) is 4.20. The van der Waals surface area contributed by atoms with Crippen LogP contribution in [0.25, 0.3) is 5.69 Å². The molecular formula is C17H22N6O2. The second-order valence-corrected chi connectivity index (χ2v) is 6.22. The molecule has 8 heteroatoms. The molecule has 2 amide bonds. The number of carbonyl (C=O) groups excluding carboxylic acids is 2. The summed E-state index contributed by atoms with van der Waals surface area (Å²) >= 11 is 0. The number of carbonyl (C=O) groups is 2. The first-order chi connectivity index (χ1) is 12.1. The van der Waals surface area contributed by atoms with Gasteiger partial charge in [-0.15, -0.1) is 0 Å². The van der Waals surface area contributed by atoms with Gasteiger partial charge < -0.3 is 11.1 Å². The van der Waals surface area contributed by atoms with Crippen LogP contribution in [-0.2, 0) is 16.0 Å². The zero-order valence-electron chi connectivity index (χ0n) is 14.0. The van der Waals surface area contributed by atoms with Gasteiger partial charge in [-0.3, -0.25) is 14.5 Å². The van der Waals surface area contributed by atoms with E-state index in [0.717, 1.165) is 31.6 Å². The van der Waals surface area contributed by atoms with E-state index in [-0.39, 0.29) is 30.8 Å². The van der Waals surface area contributed by atoms with Crippen LogP contribution in [0.4, 0.5) is 0 Å². The van der Waals surface area contributed by atoms with Crippen molar-refractivity contribution in [3.8, 4) is 5.69 Å². The van der Waals surface area contributed by atoms with E-state index in [1.165, 1.54) is 4.80 Å². The number of nitrogens with zero attached hydrogens (tertiary/aromatic N) is 4. The minimum atomic E-state index is -0.316. The first-order valence-electron chi connectivity index (χ1n) is 8.37. The molecule has 0 aliphatic carbocycles. The molecule has 0 bridgehead atoms. The van der Waals surface area contributed by atoms with Crippen LogP contribution >= 0.6 is 0 Å². The number of piperidine rings is 1. The number of benzene rings is 1. The molecule has 3 N–H and O–H groups in total. The molecule has 132 valence electrons. The summed E-state index contributed by atoms with van der Waals surface area (Å²) in [5, 5.41) is 11.6. The van der Waals surface area contributed by atoms with Crippen LogP contribution in [0.15, 0.2) is 36.5 Å². The molecule has 1 aliphatic rings. The summed E-state index contributed by atoms with van der Waals surface area (Å²) in [7, 11) is 0. The average Bonchev–Trinajstić information content (AvgIpc) is 3.05. The van der Waals surface area contributed by atoms with Crippen molar-refractivity contribution < 1.29 is 9.59 Å². The lowest BCUT2D eigenvalue weighted by Gasteiger charge is -2.31. The molecule has 2 aromatic rings. The van der Waals surface area contributed by atoms with Gasteiger partial charge in [-0.1, -0.05) is 18.2 Å². The highest BCUT2D eigenvalue weighted by Gasteiger charge is 2.21. The number of nitrogens with two attached hydrogens (primary N) is 1. The van der Waals surface area contributed by atoms with Crippen LogP contribution in [0.1, 0.15) is 18.5 Å². The van der Waals surface area contributed by atoms with Crippen LogP contribution < -0.4 is 11.1 Å². The number of para-hydroxylation sites is 1. The van der Waals surface area contributed by atoms with E-state index >= 15 is 0 Å². The van der Waals surface area contributed by atoms with Gasteiger partial charge in [-0.2, -0.15) is 15.0 Å². The molecule has 1 saturated heterocycles. The smallest absolute Gasteiger partial charge is 0.231 e.